The number of hydrogen-bond donors (Lipinski definition) is 1. The van der Waals surface area contributed by atoms with E-state index in [9.17, 15) is 4.79 Å². The number of aromatic nitrogens is 1. The molecule has 1 heterocycles. The Bertz CT molecular complexity index is 280. The molecule has 61 valence electrons. The Hall–Kier alpha value is -1.38. The predicted octanol–water partition coefficient (Wildman–Crippen LogP) is 0.774. The topological polar surface area (TPSA) is 42.0 Å². The fraction of sp³-hybridized carbons (Fsp3) is 0.333. The van der Waals surface area contributed by atoms with Crippen LogP contribution < -0.4 is 5.32 Å². The van der Waals surface area contributed by atoms with Gasteiger partial charge in [-0.2, -0.15) is 0 Å². The smallest absolute Gasteiger partial charge is 0.270 e. The van der Waals surface area contributed by atoms with Gasteiger partial charge >= 0.3 is 0 Å². The molecule has 1 aliphatic carbocycles. The zero-order valence-electron chi connectivity index (χ0n) is 6.58. The van der Waals surface area contributed by atoms with Crippen molar-refractivity contribution in [2.24, 2.45) is 0 Å². The van der Waals surface area contributed by atoms with Crippen LogP contribution in [0.15, 0.2) is 18.3 Å². The van der Waals surface area contributed by atoms with Crippen molar-refractivity contribution in [1.82, 2.24) is 10.3 Å². The first kappa shape index (κ1) is 7.28. The van der Waals surface area contributed by atoms with Crippen LogP contribution in [0.25, 0.3) is 0 Å². The molecule has 0 spiro atoms. The molecule has 1 fully saturated rings. The lowest BCUT2D eigenvalue weighted by molar-refractivity contribution is 0.0946. The molecule has 1 aromatic rings. The number of carbonyl (C=O) groups excluding carboxylic acids is 1. The fourth-order valence-electron chi connectivity index (χ4n) is 0.936. The van der Waals surface area contributed by atoms with E-state index in [0.29, 0.717) is 11.7 Å². The van der Waals surface area contributed by atoms with Crippen LogP contribution in [0.4, 0.5) is 0 Å². The number of nitrogens with one attached hydrogen (secondary N) is 1. The second-order valence-corrected chi connectivity index (χ2v) is 2.89. The summed E-state index contributed by atoms with van der Waals surface area (Å²) in [6.07, 6.45) is 3.77. The molecule has 1 aromatic heterocycles. The average Bonchev–Trinajstić information content (AvgIpc) is 2.90. The Morgan fingerprint density at radius 2 is 2.50 bits per heavy atom. The molecule has 0 aromatic carbocycles. The van der Waals surface area contributed by atoms with Crippen molar-refractivity contribution < 1.29 is 4.79 Å². The summed E-state index contributed by atoms with van der Waals surface area (Å²) in [6.45, 7) is 0. The third-order valence-corrected chi connectivity index (χ3v) is 1.75. The zero-order valence-corrected chi connectivity index (χ0v) is 6.58. The molecule has 1 aliphatic rings. The molecule has 3 nitrogen and oxygen atoms in total. The van der Waals surface area contributed by atoms with Gasteiger partial charge in [-0.15, -0.1) is 0 Å². The molecule has 0 saturated heterocycles. The first-order chi connectivity index (χ1) is 5.86. The highest BCUT2D eigenvalue weighted by atomic mass is 16.2. The molecular formula is C9H9N2O. The minimum absolute atomic E-state index is 0.0886. The highest BCUT2D eigenvalue weighted by molar-refractivity contribution is 5.92. The van der Waals surface area contributed by atoms with Crippen LogP contribution in [0, 0.1) is 6.07 Å². The van der Waals surface area contributed by atoms with Crippen molar-refractivity contribution in [1.29, 1.82) is 0 Å². The molecule has 0 bridgehead atoms. The van der Waals surface area contributed by atoms with Crippen LogP contribution in [0.1, 0.15) is 23.3 Å². The maximum Gasteiger partial charge on any atom is 0.270 e. The van der Waals surface area contributed by atoms with Gasteiger partial charge in [0.1, 0.15) is 5.69 Å². The Kier molecular flexibility index (Phi) is 1.78. The van der Waals surface area contributed by atoms with Crippen molar-refractivity contribution >= 4 is 5.91 Å². The summed E-state index contributed by atoms with van der Waals surface area (Å²) >= 11 is 0. The highest BCUT2D eigenvalue weighted by Gasteiger charge is 2.23. The van der Waals surface area contributed by atoms with Gasteiger partial charge in [0.05, 0.1) is 0 Å². The van der Waals surface area contributed by atoms with E-state index in [4.69, 9.17) is 0 Å². The van der Waals surface area contributed by atoms with Crippen molar-refractivity contribution in [2.75, 3.05) is 0 Å². The Morgan fingerprint density at radius 3 is 3.08 bits per heavy atom. The molecule has 1 radical (unpaired) electrons. The molecule has 3 heteroatoms. The lowest BCUT2D eigenvalue weighted by atomic mass is 10.3. The van der Waals surface area contributed by atoms with Crippen LogP contribution in [-0.4, -0.2) is 16.9 Å². The molecule has 0 aliphatic heterocycles. The van der Waals surface area contributed by atoms with Crippen LogP contribution in [0.5, 0.6) is 0 Å². The summed E-state index contributed by atoms with van der Waals surface area (Å²) in [4.78, 5) is 15.2. The monoisotopic (exact) mass is 161 g/mol. The molecule has 1 saturated carbocycles. The molecule has 1 amide bonds. The standard InChI is InChI=1S/C9H9N2O/c12-9(11-7-4-5-7)8-3-1-2-6-10-8/h2-3,6-7H,4-5H2,(H,11,12). The van der Waals surface area contributed by atoms with Gasteiger partial charge < -0.3 is 5.32 Å². The second kappa shape index (κ2) is 2.93. The normalized spacial score (nSPS) is 15.7. The number of carbonyl (C=O) groups is 1. The van der Waals surface area contributed by atoms with E-state index in [1.54, 1.807) is 18.3 Å². The molecule has 2 rings (SSSR count). The Labute approximate surface area is 70.8 Å². The lowest BCUT2D eigenvalue weighted by Gasteiger charge is -2.00. The maximum atomic E-state index is 11.3. The van der Waals surface area contributed by atoms with E-state index < -0.39 is 0 Å². The third-order valence-electron chi connectivity index (χ3n) is 1.75. The predicted molar refractivity (Wildman–Crippen MR) is 43.6 cm³/mol. The summed E-state index contributed by atoms with van der Waals surface area (Å²) in [7, 11) is 0. The van der Waals surface area contributed by atoms with Gasteiger partial charge in [0.2, 0.25) is 0 Å². The van der Waals surface area contributed by atoms with Crippen LogP contribution in [0.3, 0.4) is 0 Å². The first-order valence-corrected chi connectivity index (χ1v) is 3.99. The van der Waals surface area contributed by atoms with Crippen LogP contribution >= 0.6 is 0 Å². The van der Waals surface area contributed by atoms with Crippen molar-refractivity contribution in [3.63, 3.8) is 0 Å². The van der Waals surface area contributed by atoms with E-state index >= 15 is 0 Å². The van der Waals surface area contributed by atoms with E-state index in [-0.39, 0.29) is 5.91 Å². The minimum atomic E-state index is -0.0886. The van der Waals surface area contributed by atoms with E-state index in [1.165, 1.54) is 0 Å². The van der Waals surface area contributed by atoms with E-state index in [1.807, 2.05) is 0 Å². The number of amides is 1. The van der Waals surface area contributed by atoms with Crippen LogP contribution in [-0.2, 0) is 0 Å². The molecular weight excluding hydrogens is 152 g/mol. The van der Waals surface area contributed by atoms with Gasteiger partial charge in [0, 0.05) is 12.2 Å². The molecule has 0 unspecified atom stereocenters. The van der Waals surface area contributed by atoms with Gasteiger partial charge in [0.15, 0.2) is 0 Å². The summed E-state index contributed by atoms with van der Waals surface area (Å²) in [5.74, 6) is -0.0886. The van der Waals surface area contributed by atoms with Gasteiger partial charge in [-0.05, 0) is 31.0 Å². The quantitative estimate of drug-likeness (QED) is 0.696. The van der Waals surface area contributed by atoms with Gasteiger partial charge in [-0.3, -0.25) is 9.78 Å². The lowest BCUT2D eigenvalue weighted by Crippen LogP contribution is -2.26. The van der Waals surface area contributed by atoms with Crippen molar-refractivity contribution in [3.8, 4) is 0 Å². The Balaban J connectivity index is 2.03. The molecule has 0 atom stereocenters. The molecule has 12 heavy (non-hydrogen) atoms. The molecule has 1 N–H and O–H groups in total. The summed E-state index contributed by atoms with van der Waals surface area (Å²) in [6, 6.07) is 6.47. The number of rotatable bonds is 2. The fourth-order valence-corrected chi connectivity index (χ4v) is 0.936. The van der Waals surface area contributed by atoms with Gasteiger partial charge in [-0.1, -0.05) is 0 Å². The minimum Gasteiger partial charge on any atom is -0.348 e. The largest absolute Gasteiger partial charge is 0.348 e. The number of nitrogens with zero attached hydrogens (tertiary/aromatic N) is 1. The summed E-state index contributed by atoms with van der Waals surface area (Å²) < 4.78 is 0. The van der Waals surface area contributed by atoms with Gasteiger partial charge in [0.25, 0.3) is 5.91 Å². The first-order valence-electron chi connectivity index (χ1n) is 3.99. The van der Waals surface area contributed by atoms with Crippen molar-refractivity contribution in [3.05, 3.63) is 30.1 Å². The second-order valence-electron chi connectivity index (χ2n) is 2.89. The van der Waals surface area contributed by atoms with Crippen molar-refractivity contribution in [2.45, 2.75) is 18.9 Å². The number of hydrogen-bond acceptors (Lipinski definition) is 2. The summed E-state index contributed by atoms with van der Waals surface area (Å²) in [5.41, 5.74) is 0.449. The maximum absolute atomic E-state index is 11.3. The number of pyridine rings is 1. The van der Waals surface area contributed by atoms with Crippen LogP contribution in [0.2, 0.25) is 0 Å². The van der Waals surface area contributed by atoms with Gasteiger partial charge in [-0.25, -0.2) is 0 Å². The van der Waals surface area contributed by atoms with E-state index in [0.717, 1.165) is 12.8 Å². The highest BCUT2D eigenvalue weighted by Crippen LogP contribution is 2.18. The average molecular weight is 161 g/mol. The third kappa shape index (κ3) is 1.61. The Morgan fingerprint density at radius 1 is 1.67 bits per heavy atom. The SMILES string of the molecule is O=C(NC1CC1)c1c[c]ccn1. The van der Waals surface area contributed by atoms with E-state index in [2.05, 4.69) is 16.4 Å². The summed E-state index contributed by atoms with van der Waals surface area (Å²) in [5, 5.41) is 2.85. The zero-order chi connectivity index (χ0) is 8.39.